The predicted molar refractivity (Wildman–Crippen MR) is 33.8 cm³/mol. The van der Waals surface area contributed by atoms with E-state index in [9.17, 15) is 0 Å². The predicted octanol–water partition coefficient (Wildman–Crippen LogP) is 1.75. The zero-order chi connectivity index (χ0) is 5.86. The Labute approximate surface area is 54.0 Å². The summed E-state index contributed by atoms with van der Waals surface area (Å²) in [6, 6.07) is 0.361. The quantitative estimate of drug-likeness (QED) is 0.457. The second-order valence-electron chi connectivity index (χ2n) is 1.62. The molecule has 1 nitrogen and oxygen atoms in total. The minimum atomic E-state index is -0.431. The van der Waals surface area contributed by atoms with E-state index in [0.29, 0.717) is 6.04 Å². The van der Waals surface area contributed by atoms with Crippen LogP contribution in [0.25, 0.3) is 0 Å². The molecule has 0 spiro atoms. The number of halogens is 2. The van der Waals surface area contributed by atoms with Gasteiger partial charge in [0.1, 0.15) is 0 Å². The highest BCUT2D eigenvalue weighted by molar-refractivity contribution is 6.43. The summed E-state index contributed by atoms with van der Waals surface area (Å²) in [5.74, 6) is 0. The Morgan fingerprint density at radius 3 is 1.71 bits per heavy atom. The van der Waals surface area contributed by atoms with Crippen molar-refractivity contribution < 1.29 is 0 Å². The van der Waals surface area contributed by atoms with Crippen molar-refractivity contribution in [2.45, 2.75) is 24.8 Å². The van der Waals surface area contributed by atoms with Crippen molar-refractivity contribution in [1.29, 1.82) is 0 Å². The van der Waals surface area contributed by atoms with Crippen LogP contribution in [0, 0.1) is 0 Å². The number of hydrogen-bond donors (Lipinski definition) is 1. The molecule has 0 aliphatic rings. The van der Waals surface area contributed by atoms with Gasteiger partial charge in [0, 0.05) is 6.04 Å². The smallest absolute Gasteiger partial charge is 0.158 e. The molecule has 0 bridgehead atoms. The van der Waals surface area contributed by atoms with Gasteiger partial charge in [0.25, 0.3) is 0 Å². The summed E-state index contributed by atoms with van der Waals surface area (Å²) < 4.78 is 0. The molecule has 0 saturated heterocycles. The summed E-state index contributed by atoms with van der Waals surface area (Å²) in [5, 5.41) is 2.84. The summed E-state index contributed by atoms with van der Waals surface area (Å²) in [6.07, 6.45) is 0. The van der Waals surface area contributed by atoms with Gasteiger partial charge in [0.05, 0.1) is 0 Å². The van der Waals surface area contributed by atoms with E-state index < -0.39 is 4.96 Å². The van der Waals surface area contributed by atoms with Crippen LogP contribution in [0.2, 0.25) is 0 Å². The highest BCUT2D eigenvalue weighted by Crippen LogP contribution is 1.96. The Morgan fingerprint density at radius 2 is 1.71 bits per heavy atom. The van der Waals surface area contributed by atoms with E-state index in [1.165, 1.54) is 0 Å². The lowest BCUT2D eigenvalue weighted by Gasteiger charge is -2.06. The van der Waals surface area contributed by atoms with Gasteiger partial charge in [-0.1, -0.05) is 23.2 Å². The van der Waals surface area contributed by atoms with Crippen LogP contribution in [-0.4, -0.2) is 11.0 Å². The Morgan fingerprint density at radius 1 is 1.29 bits per heavy atom. The molecule has 1 N–H and O–H groups in total. The van der Waals surface area contributed by atoms with Crippen molar-refractivity contribution in [1.82, 2.24) is 5.32 Å². The molecule has 0 heterocycles. The van der Waals surface area contributed by atoms with Crippen molar-refractivity contribution in [2.24, 2.45) is 0 Å². The van der Waals surface area contributed by atoms with E-state index in [2.05, 4.69) is 5.32 Å². The number of hydrogen-bond acceptors (Lipinski definition) is 1. The minimum Gasteiger partial charge on any atom is -0.287 e. The lowest BCUT2D eigenvalue weighted by atomic mass is 10.4. The molecule has 0 aliphatic carbocycles. The molecule has 0 radical (unpaired) electrons. The normalized spacial score (nSPS) is 11.1. The van der Waals surface area contributed by atoms with Gasteiger partial charge in [0.15, 0.2) is 4.96 Å². The molecule has 44 valence electrons. The van der Waals surface area contributed by atoms with Crippen LogP contribution >= 0.6 is 23.2 Å². The van der Waals surface area contributed by atoms with Crippen molar-refractivity contribution in [3.8, 4) is 0 Å². The minimum absolute atomic E-state index is 0.361. The van der Waals surface area contributed by atoms with Crippen molar-refractivity contribution in [3.05, 3.63) is 0 Å². The average molecular weight is 142 g/mol. The van der Waals surface area contributed by atoms with E-state index in [1.54, 1.807) is 0 Å². The van der Waals surface area contributed by atoms with Gasteiger partial charge in [-0.05, 0) is 13.8 Å². The monoisotopic (exact) mass is 141 g/mol. The Hall–Kier alpha value is 0.540. The van der Waals surface area contributed by atoms with Crippen LogP contribution in [0.3, 0.4) is 0 Å². The second kappa shape index (κ2) is 3.53. The number of nitrogens with one attached hydrogen (secondary N) is 1. The molecule has 7 heavy (non-hydrogen) atoms. The highest BCUT2D eigenvalue weighted by atomic mass is 35.5. The molecule has 0 atom stereocenters. The van der Waals surface area contributed by atoms with Crippen LogP contribution in [0.4, 0.5) is 0 Å². The van der Waals surface area contributed by atoms with Crippen molar-refractivity contribution in [2.75, 3.05) is 0 Å². The van der Waals surface area contributed by atoms with Gasteiger partial charge in [-0.25, -0.2) is 0 Å². The van der Waals surface area contributed by atoms with Gasteiger partial charge in [-0.3, -0.25) is 5.32 Å². The standard InChI is InChI=1S/C4H9Cl2N/c1-3(2)7-4(5)6/h3-4,7H,1-2H3. The van der Waals surface area contributed by atoms with Gasteiger partial charge in [-0.2, -0.15) is 0 Å². The fourth-order valence-electron chi connectivity index (χ4n) is 0.252. The van der Waals surface area contributed by atoms with E-state index >= 15 is 0 Å². The van der Waals surface area contributed by atoms with Crippen molar-refractivity contribution >= 4 is 23.2 Å². The molecule has 0 amide bonds. The van der Waals surface area contributed by atoms with Crippen molar-refractivity contribution in [3.63, 3.8) is 0 Å². The lowest BCUT2D eigenvalue weighted by molar-refractivity contribution is 0.629. The first-order chi connectivity index (χ1) is 3.13. The summed E-state index contributed by atoms with van der Waals surface area (Å²) in [5.41, 5.74) is 0. The van der Waals surface area contributed by atoms with E-state index in [1.807, 2.05) is 13.8 Å². The average Bonchev–Trinajstić information content (AvgIpc) is 1.27. The third kappa shape index (κ3) is 6.54. The molecular formula is C4H9Cl2N. The Balaban J connectivity index is 2.95. The molecule has 3 heteroatoms. The van der Waals surface area contributed by atoms with E-state index in [4.69, 9.17) is 23.2 Å². The first-order valence-corrected chi connectivity index (χ1v) is 3.04. The Kier molecular flexibility index (Phi) is 3.80. The third-order valence-electron chi connectivity index (χ3n) is 0.459. The topological polar surface area (TPSA) is 12.0 Å². The molecule has 0 rings (SSSR count). The maximum Gasteiger partial charge on any atom is 0.158 e. The second-order valence-corrected chi connectivity index (χ2v) is 2.72. The fraction of sp³-hybridized carbons (Fsp3) is 1.00. The zero-order valence-electron chi connectivity index (χ0n) is 4.41. The van der Waals surface area contributed by atoms with Crippen LogP contribution < -0.4 is 5.32 Å². The number of rotatable bonds is 2. The molecule has 0 aromatic carbocycles. The zero-order valence-corrected chi connectivity index (χ0v) is 5.92. The van der Waals surface area contributed by atoms with E-state index in [-0.39, 0.29) is 0 Å². The molecule has 0 saturated carbocycles. The Bertz CT molecular complexity index is 39.0. The van der Waals surface area contributed by atoms with E-state index in [0.717, 1.165) is 0 Å². The van der Waals surface area contributed by atoms with Gasteiger partial charge in [0.2, 0.25) is 0 Å². The molecule has 0 aliphatic heterocycles. The number of alkyl halides is 2. The maximum atomic E-state index is 5.33. The van der Waals surface area contributed by atoms with Crippen LogP contribution in [0.15, 0.2) is 0 Å². The summed E-state index contributed by atoms with van der Waals surface area (Å²) in [6.45, 7) is 3.97. The summed E-state index contributed by atoms with van der Waals surface area (Å²) in [7, 11) is 0. The molecule has 0 unspecified atom stereocenters. The SMILES string of the molecule is CC(C)NC(Cl)Cl. The van der Waals surface area contributed by atoms with Gasteiger partial charge >= 0.3 is 0 Å². The first-order valence-electron chi connectivity index (χ1n) is 2.17. The lowest BCUT2D eigenvalue weighted by Crippen LogP contribution is -2.26. The fourth-order valence-corrected chi connectivity index (χ4v) is 0.756. The van der Waals surface area contributed by atoms with Gasteiger partial charge in [-0.15, -0.1) is 0 Å². The maximum absolute atomic E-state index is 5.33. The van der Waals surface area contributed by atoms with Crippen LogP contribution in [-0.2, 0) is 0 Å². The first kappa shape index (κ1) is 7.54. The molecular weight excluding hydrogens is 133 g/mol. The van der Waals surface area contributed by atoms with Gasteiger partial charge < -0.3 is 0 Å². The molecule has 0 aromatic rings. The summed E-state index contributed by atoms with van der Waals surface area (Å²) in [4.78, 5) is -0.431. The third-order valence-corrected chi connectivity index (χ3v) is 0.711. The molecule has 0 fully saturated rings. The largest absolute Gasteiger partial charge is 0.287 e. The van der Waals surface area contributed by atoms with Crippen LogP contribution in [0.5, 0.6) is 0 Å². The molecule has 0 aromatic heterocycles. The summed E-state index contributed by atoms with van der Waals surface area (Å²) >= 11 is 10.7. The highest BCUT2D eigenvalue weighted by Gasteiger charge is 1.96. The van der Waals surface area contributed by atoms with Crippen LogP contribution in [0.1, 0.15) is 13.8 Å².